The molecule has 0 aliphatic carbocycles. The molecule has 2 unspecified atom stereocenters. The van der Waals surface area contributed by atoms with Crippen molar-refractivity contribution in [1.82, 2.24) is 19.9 Å². The Morgan fingerprint density at radius 1 is 1.24 bits per heavy atom. The van der Waals surface area contributed by atoms with Crippen molar-refractivity contribution in [2.24, 2.45) is 5.92 Å². The van der Waals surface area contributed by atoms with E-state index in [1.165, 1.54) is 5.56 Å². The van der Waals surface area contributed by atoms with Gasteiger partial charge in [-0.1, -0.05) is 11.2 Å². The van der Waals surface area contributed by atoms with Crippen LogP contribution in [-0.2, 0) is 17.9 Å². The van der Waals surface area contributed by atoms with E-state index in [2.05, 4.69) is 26.0 Å². The maximum absolute atomic E-state index is 13.0. The topological polar surface area (TPSA) is 62.5 Å². The van der Waals surface area contributed by atoms with Crippen LogP contribution in [0.2, 0.25) is 0 Å². The molecular weight excluding hydrogens is 316 g/mol. The number of piperidine rings is 1. The number of pyridine rings is 1. The zero-order chi connectivity index (χ0) is 17.4. The van der Waals surface area contributed by atoms with E-state index in [1.54, 1.807) is 6.20 Å². The van der Waals surface area contributed by atoms with Crippen LogP contribution in [0.25, 0.3) is 0 Å². The highest BCUT2D eigenvalue weighted by Gasteiger charge is 2.41. The van der Waals surface area contributed by atoms with Gasteiger partial charge in [-0.2, -0.15) is 0 Å². The van der Waals surface area contributed by atoms with Crippen LogP contribution >= 0.6 is 0 Å². The molecule has 3 saturated heterocycles. The summed E-state index contributed by atoms with van der Waals surface area (Å²) >= 11 is 0. The lowest BCUT2D eigenvalue weighted by Gasteiger charge is -2.36. The second-order valence-electron chi connectivity index (χ2n) is 7.25. The molecule has 3 aliphatic rings. The van der Waals surface area contributed by atoms with Gasteiger partial charge in [0.15, 0.2) is 0 Å². The van der Waals surface area contributed by atoms with Gasteiger partial charge in [-0.05, 0) is 38.3 Å². The van der Waals surface area contributed by atoms with E-state index in [0.29, 0.717) is 6.54 Å². The van der Waals surface area contributed by atoms with Gasteiger partial charge in [0.2, 0.25) is 5.91 Å². The lowest BCUT2D eigenvalue weighted by molar-refractivity contribution is -0.140. The number of hydrogen-bond donors (Lipinski definition) is 0. The van der Waals surface area contributed by atoms with Crippen molar-refractivity contribution in [2.75, 3.05) is 13.1 Å². The summed E-state index contributed by atoms with van der Waals surface area (Å²) in [5.41, 5.74) is 3.14. The summed E-state index contributed by atoms with van der Waals surface area (Å²) in [7, 11) is 0. The van der Waals surface area contributed by atoms with Gasteiger partial charge >= 0.3 is 0 Å². The maximum atomic E-state index is 13.0. The quantitative estimate of drug-likeness (QED) is 0.855. The molecule has 5 heterocycles. The van der Waals surface area contributed by atoms with Crippen molar-refractivity contribution in [2.45, 2.75) is 45.8 Å². The summed E-state index contributed by atoms with van der Waals surface area (Å²) in [6.45, 7) is 7.09. The molecule has 5 rings (SSSR count). The molecule has 0 N–H and O–H groups in total. The highest BCUT2D eigenvalue weighted by Crippen LogP contribution is 2.31. The summed E-state index contributed by atoms with van der Waals surface area (Å²) in [6.07, 6.45) is 5.77. The van der Waals surface area contributed by atoms with Gasteiger partial charge < -0.3 is 9.42 Å². The Kier molecular flexibility index (Phi) is 4.29. The molecule has 3 fully saturated rings. The molecule has 0 spiro atoms. The predicted molar refractivity (Wildman–Crippen MR) is 92.6 cm³/mol. The van der Waals surface area contributed by atoms with E-state index in [0.717, 1.165) is 49.5 Å². The lowest BCUT2D eigenvalue weighted by atomic mass is 9.93. The third kappa shape index (κ3) is 3.18. The number of carbonyl (C=O) groups excluding carboxylic acids is 1. The maximum Gasteiger partial charge on any atom is 0.227 e. The van der Waals surface area contributed by atoms with Gasteiger partial charge in [0.25, 0.3) is 0 Å². The molecule has 6 nitrogen and oxygen atoms in total. The standard InChI is InChI=1S/C19H24N4O2/c1-13-18(14(2)25-21-13)12-23-17-6-5-16(19(23)24)10-22(11-17)9-15-4-3-7-20-8-15/h3-4,7-8,16-17H,5-6,9-12H2,1-2H3. The van der Waals surface area contributed by atoms with Crippen LogP contribution in [0, 0.1) is 19.8 Å². The first-order chi connectivity index (χ1) is 12.1. The highest BCUT2D eigenvalue weighted by molar-refractivity contribution is 5.80. The molecule has 0 saturated carbocycles. The fraction of sp³-hybridized carbons (Fsp3) is 0.526. The minimum absolute atomic E-state index is 0.0934. The second kappa shape index (κ2) is 6.59. The van der Waals surface area contributed by atoms with Gasteiger partial charge in [-0.3, -0.25) is 14.7 Å². The van der Waals surface area contributed by atoms with Gasteiger partial charge in [0.05, 0.1) is 18.2 Å². The minimum Gasteiger partial charge on any atom is -0.361 e. The summed E-state index contributed by atoms with van der Waals surface area (Å²) < 4.78 is 5.28. The van der Waals surface area contributed by atoms with Gasteiger partial charge in [-0.15, -0.1) is 0 Å². The minimum atomic E-state index is 0.0934. The summed E-state index contributed by atoms with van der Waals surface area (Å²) in [6, 6.07) is 4.33. The van der Waals surface area contributed by atoms with Crippen molar-refractivity contribution in [3.05, 3.63) is 47.1 Å². The molecule has 2 atom stereocenters. The first-order valence-corrected chi connectivity index (χ1v) is 8.95. The number of aryl methyl sites for hydroxylation is 2. The first-order valence-electron chi connectivity index (χ1n) is 8.95. The Morgan fingerprint density at radius 3 is 2.84 bits per heavy atom. The molecule has 2 bridgehead atoms. The number of hydrogen-bond acceptors (Lipinski definition) is 5. The third-order valence-corrected chi connectivity index (χ3v) is 5.51. The SMILES string of the molecule is Cc1noc(C)c1CN1C(=O)C2CCC1CN(Cc1cccnc1)C2. The number of nitrogens with zero attached hydrogens (tertiary/aromatic N) is 4. The van der Waals surface area contributed by atoms with Crippen LogP contribution in [0.4, 0.5) is 0 Å². The highest BCUT2D eigenvalue weighted by atomic mass is 16.5. The molecule has 1 amide bonds. The smallest absolute Gasteiger partial charge is 0.227 e. The van der Waals surface area contributed by atoms with E-state index in [4.69, 9.17) is 4.52 Å². The van der Waals surface area contributed by atoms with E-state index >= 15 is 0 Å². The largest absolute Gasteiger partial charge is 0.361 e. The molecule has 2 aromatic rings. The number of carbonyl (C=O) groups is 1. The van der Waals surface area contributed by atoms with Crippen molar-refractivity contribution >= 4 is 5.91 Å². The van der Waals surface area contributed by atoms with E-state index in [9.17, 15) is 4.79 Å². The van der Waals surface area contributed by atoms with Crippen molar-refractivity contribution in [3.63, 3.8) is 0 Å². The van der Waals surface area contributed by atoms with Crippen LogP contribution in [0.3, 0.4) is 0 Å². The number of amides is 1. The Bertz CT molecular complexity index is 739. The Labute approximate surface area is 147 Å². The van der Waals surface area contributed by atoms with E-state index in [-0.39, 0.29) is 17.9 Å². The number of fused-ring (bicyclic) bond motifs is 4. The predicted octanol–water partition coefficient (Wildman–Crippen LogP) is 2.31. The molecule has 0 radical (unpaired) electrons. The summed E-state index contributed by atoms with van der Waals surface area (Å²) in [5, 5.41) is 4.03. The molecular formula is C19H24N4O2. The van der Waals surface area contributed by atoms with E-state index in [1.807, 2.05) is 26.1 Å². The van der Waals surface area contributed by atoms with Gasteiger partial charge in [0, 0.05) is 43.6 Å². The molecule has 3 aliphatic heterocycles. The van der Waals surface area contributed by atoms with E-state index < -0.39 is 0 Å². The molecule has 0 aromatic carbocycles. The zero-order valence-corrected chi connectivity index (χ0v) is 14.8. The Balaban J connectivity index is 1.53. The van der Waals surface area contributed by atoms with Crippen LogP contribution in [0.5, 0.6) is 0 Å². The van der Waals surface area contributed by atoms with Crippen LogP contribution in [-0.4, -0.2) is 45.0 Å². The molecule has 25 heavy (non-hydrogen) atoms. The first kappa shape index (κ1) is 16.3. The molecule has 6 heteroatoms. The average Bonchev–Trinajstić information content (AvgIpc) is 2.77. The monoisotopic (exact) mass is 340 g/mol. The fourth-order valence-corrected chi connectivity index (χ4v) is 4.11. The van der Waals surface area contributed by atoms with Crippen LogP contribution in [0.1, 0.15) is 35.4 Å². The van der Waals surface area contributed by atoms with Crippen molar-refractivity contribution in [3.8, 4) is 0 Å². The van der Waals surface area contributed by atoms with Gasteiger partial charge in [-0.25, -0.2) is 0 Å². The number of rotatable bonds is 4. The average molecular weight is 340 g/mol. The Morgan fingerprint density at radius 2 is 2.12 bits per heavy atom. The summed E-state index contributed by atoms with van der Waals surface area (Å²) in [4.78, 5) is 21.7. The molecule has 132 valence electrons. The molecule has 2 aromatic heterocycles. The zero-order valence-electron chi connectivity index (χ0n) is 14.8. The third-order valence-electron chi connectivity index (χ3n) is 5.51. The number of aromatic nitrogens is 2. The second-order valence-corrected chi connectivity index (χ2v) is 7.25. The van der Waals surface area contributed by atoms with Crippen molar-refractivity contribution in [1.29, 1.82) is 0 Å². The summed E-state index contributed by atoms with van der Waals surface area (Å²) in [5.74, 6) is 1.19. The van der Waals surface area contributed by atoms with Crippen LogP contribution in [0.15, 0.2) is 29.0 Å². The fourth-order valence-electron chi connectivity index (χ4n) is 4.11. The van der Waals surface area contributed by atoms with Crippen molar-refractivity contribution < 1.29 is 9.32 Å². The van der Waals surface area contributed by atoms with Crippen LogP contribution < -0.4 is 0 Å². The normalized spacial score (nSPS) is 23.9. The van der Waals surface area contributed by atoms with Gasteiger partial charge in [0.1, 0.15) is 5.76 Å². The lowest BCUT2D eigenvalue weighted by Crippen LogP contribution is -2.47. The Hall–Kier alpha value is -2.21.